The molecule has 0 fully saturated rings. The zero-order chi connectivity index (χ0) is 12.0. The highest BCUT2D eigenvalue weighted by Gasteiger charge is 2.14. The zero-order valence-electron chi connectivity index (χ0n) is 10.5. The van der Waals surface area contributed by atoms with Gasteiger partial charge in [0, 0.05) is 26.0 Å². The molecule has 1 aromatic rings. The Labute approximate surface area is 97.6 Å². The minimum atomic E-state index is 0.126. The van der Waals surface area contributed by atoms with Gasteiger partial charge >= 0.3 is 0 Å². The van der Waals surface area contributed by atoms with Crippen molar-refractivity contribution in [1.29, 1.82) is 0 Å². The molecule has 92 valence electrons. The number of nitrogens with two attached hydrogens (primary N) is 1. The van der Waals surface area contributed by atoms with Crippen molar-refractivity contribution in [3.05, 3.63) is 18.2 Å². The quantitative estimate of drug-likeness (QED) is 0.528. The van der Waals surface area contributed by atoms with Crippen molar-refractivity contribution < 1.29 is 0 Å². The third kappa shape index (κ3) is 3.30. The summed E-state index contributed by atoms with van der Waals surface area (Å²) in [5.41, 5.74) is 2.84. The average Bonchev–Trinajstić information content (AvgIpc) is 2.71. The fourth-order valence-corrected chi connectivity index (χ4v) is 1.85. The van der Waals surface area contributed by atoms with Crippen LogP contribution in [0.2, 0.25) is 0 Å². The lowest BCUT2D eigenvalue weighted by Crippen LogP contribution is -2.34. The lowest BCUT2D eigenvalue weighted by atomic mass is 10.2. The van der Waals surface area contributed by atoms with Crippen LogP contribution in [0.5, 0.6) is 0 Å². The van der Waals surface area contributed by atoms with Crippen LogP contribution in [0, 0.1) is 0 Å². The number of rotatable bonds is 7. The predicted octanol–water partition coefficient (Wildman–Crippen LogP) is 0.656. The van der Waals surface area contributed by atoms with E-state index in [1.54, 1.807) is 6.20 Å². The SMILES string of the molecule is CCN(CC)CCC(NN)c1nccn1C. The van der Waals surface area contributed by atoms with Gasteiger partial charge in [-0.15, -0.1) is 0 Å². The highest BCUT2D eigenvalue weighted by atomic mass is 15.3. The van der Waals surface area contributed by atoms with Crippen LogP contribution in [-0.4, -0.2) is 34.1 Å². The fourth-order valence-electron chi connectivity index (χ4n) is 1.85. The predicted molar refractivity (Wildman–Crippen MR) is 65.7 cm³/mol. The number of nitrogens with one attached hydrogen (secondary N) is 1. The van der Waals surface area contributed by atoms with Gasteiger partial charge in [-0.1, -0.05) is 13.8 Å². The number of imidazole rings is 1. The van der Waals surface area contributed by atoms with Crippen molar-refractivity contribution in [3.8, 4) is 0 Å². The van der Waals surface area contributed by atoms with Crippen LogP contribution in [0.3, 0.4) is 0 Å². The van der Waals surface area contributed by atoms with E-state index in [4.69, 9.17) is 5.84 Å². The number of hydrogen-bond acceptors (Lipinski definition) is 4. The highest BCUT2D eigenvalue weighted by molar-refractivity contribution is 4.98. The second-order valence-corrected chi connectivity index (χ2v) is 3.93. The van der Waals surface area contributed by atoms with Crippen molar-refractivity contribution in [3.63, 3.8) is 0 Å². The Hall–Kier alpha value is -0.910. The van der Waals surface area contributed by atoms with Gasteiger partial charge in [-0.2, -0.15) is 0 Å². The number of aromatic nitrogens is 2. The Morgan fingerprint density at radius 2 is 2.19 bits per heavy atom. The van der Waals surface area contributed by atoms with Gasteiger partial charge in [-0.05, 0) is 19.5 Å². The van der Waals surface area contributed by atoms with E-state index in [-0.39, 0.29) is 6.04 Å². The number of hydrazine groups is 1. The summed E-state index contributed by atoms with van der Waals surface area (Å²) in [5.74, 6) is 6.58. The van der Waals surface area contributed by atoms with E-state index in [1.165, 1.54) is 0 Å². The van der Waals surface area contributed by atoms with Gasteiger partial charge in [0.15, 0.2) is 0 Å². The largest absolute Gasteiger partial charge is 0.337 e. The van der Waals surface area contributed by atoms with Gasteiger partial charge in [0.2, 0.25) is 0 Å². The molecule has 0 aliphatic carbocycles. The van der Waals surface area contributed by atoms with Crippen LogP contribution in [0.1, 0.15) is 32.1 Å². The van der Waals surface area contributed by atoms with Crippen LogP contribution >= 0.6 is 0 Å². The lowest BCUT2D eigenvalue weighted by Gasteiger charge is -2.22. The molecular weight excluding hydrogens is 202 g/mol. The molecule has 1 aromatic heterocycles. The van der Waals surface area contributed by atoms with Gasteiger partial charge in [-0.3, -0.25) is 5.84 Å². The van der Waals surface area contributed by atoms with E-state index in [1.807, 2.05) is 17.8 Å². The Balaban J connectivity index is 2.53. The topological polar surface area (TPSA) is 59.1 Å². The first-order chi connectivity index (χ1) is 7.72. The normalized spacial score (nSPS) is 13.3. The monoisotopic (exact) mass is 225 g/mol. The molecule has 0 amide bonds. The third-order valence-corrected chi connectivity index (χ3v) is 3.00. The molecule has 1 atom stereocenters. The highest BCUT2D eigenvalue weighted by Crippen LogP contribution is 2.13. The van der Waals surface area contributed by atoms with Crippen molar-refractivity contribution in [2.24, 2.45) is 12.9 Å². The van der Waals surface area contributed by atoms with Crippen LogP contribution in [0.25, 0.3) is 0 Å². The summed E-state index contributed by atoms with van der Waals surface area (Å²) in [5, 5.41) is 0. The van der Waals surface area contributed by atoms with Crippen LogP contribution < -0.4 is 11.3 Å². The fraction of sp³-hybridized carbons (Fsp3) is 0.727. The van der Waals surface area contributed by atoms with Gasteiger partial charge in [-0.25, -0.2) is 10.4 Å². The van der Waals surface area contributed by atoms with Gasteiger partial charge < -0.3 is 9.47 Å². The Bertz CT molecular complexity index is 292. The van der Waals surface area contributed by atoms with E-state index < -0.39 is 0 Å². The van der Waals surface area contributed by atoms with Crippen LogP contribution in [0.4, 0.5) is 0 Å². The third-order valence-electron chi connectivity index (χ3n) is 3.00. The number of nitrogens with zero attached hydrogens (tertiary/aromatic N) is 3. The maximum absolute atomic E-state index is 5.58. The molecule has 0 bridgehead atoms. The number of aryl methyl sites for hydroxylation is 1. The first kappa shape index (κ1) is 13.2. The van der Waals surface area contributed by atoms with Gasteiger partial charge in [0.25, 0.3) is 0 Å². The summed E-state index contributed by atoms with van der Waals surface area (Å²) in [6.07, 6.45) is 4.72. The lowest BCUT2D eigenvalue weighted by molar-refractivity contribution is 0.279. The van der Waals surface area contributed by atoms with Crippen molar-refractivity contribution in [2.45, 2.75) is 26.3 Å². The number of hydrogen-bond donors (Lipinski definition) is 2. The molecule has 0 radical (unpaired) electrons. The Morgan fingerprint density at radius 1 is 1.50 bits per heavy atom. The van der Waals surface area contributed by atoms with E-state index in [9.17, 15) is 0 Å². The van der Waals surface area contributed by atoms with Gasteiger partial charge in [0.1, 0.15) is 5.82 Å². The molecule has 0 saturated heterocycles. The first-order valence-electron chi connectivity index (χ1n) is 5.88. The molecular formula is C11H23N5. The van der Waals surface area contributed by atoms with Crippen molar-refractivity contribution >= 4 is 0 Å². The molecule has 1 rings (SSSR count). The molecule has 3 N–H and O–H groups in total. The molecule has 0 aliphatic heterocycles. The van der Waals surface area contributed by atoms with E-state index >= 15 is 0 Å². The van der Waals surface area contributed by atoms with Crippen molar-refractivity contribution in [1.82, 2.24) is 19.9 Å². The molecule has 16 heavy (non-hydrogen) atoms. The second kappa shape index (κ2) is 6.62. The van der Waals surface area contributed by atoms with Gasteiger partial charge in [0.05, 0.1) is 6.04 Å². The first-order valence-corrected chi connectivity index (χ1v) is 5.88. The summed E-state index contributed by atoms with van der Waals surface area (Å²) in [6.45, 7) is 7.54. The van der Waals surface area contributed by atoms with Crippen LogP contribution in [0.15, 0.2) is 12.4 Å². The molecule has 0 spiro atoms. The molecule has 5 nitrogen and oxygen atoms in total. The molecule has 0 aliphatic rings. The summed E-state index contributed by atoms with van der Waals surface area (Å²) < 4.78 is 2.01. The summed E-state index contributed by atoms with van der Waals surface area (Å²) in [6, 6.07) is 0.126. The standard InChI is InChI=1S/C11H23N5/c1-4-16(5-2)8-6-10(14-12)11-13-7-9-15(11)3/h7,9-10,14H,4-6,8,12H2,1-3H3. The summed E-state index contributed by atoms with van der Waals surface area (Å²) in [7, 11) is 1.99. The van der Waals surface area contributed by atoms with E-state index in [2.05, 4.69) is 29.2 Å². The molecule has 5 heteroatoms. The Morgan fingerprint density at radius 3 is 2.62 bits per heavy atom. The smallest absolute Gasteiger partial charge is 0.126 e. The average molecular weight is 225 g/mol. The summed E-state index contributed by atoms with van der Waals surface area (Å²) >= 11 is 0. The second-order valence-electron chi connectivity index (χ2n) is 3.93. The molecule has 0 saturated carbocycles. The van der Waals surface area contributed by atoms with Crippen molar-refractivity contribution in [2.75, 3.05) is 19.6 Å². The molecule has 1 unspecified atom stereocenters. The zero-order valence-corrected chi connectivity index (χ0v) is 10.5. The molecule has 1 heterocycles. The maximum atomic E-state index is 5.58. The molecule has 0 aromatic carbocycles. The maximum Gasteiger partial charge on any atom is 0.126 e. The minimum Gasteiger partial charge on any atom is -0.337 e. The van der Waals surface area contributed by atoms with Crippen LogP contribution in [-0.2, 0) is 7.05 Å². The van der Waals surface area contributed by atoms with E-state index in [0.29, 0.717) is 0 Å². The minimum absolute atomic E-state index is 0.126. The Kier molecular flexibility index (Phi) is 5.45. The van der Waals surface area contributed by atoms with E-state index in [0.717, 1.165) is 31.9 Å². The summed E-state index contributed by atoms with van der Waals surface area (Å²) in [4.78, 5) is 6.70.